The predicted octanol–water partition coefficient (Wildman–Crippen LogP) is 1.31. The average Bonchev–Trinajstić information content (AvgIpc) is 2.97. The molecule has 0 aliphatic carbocycles. The maximum absolute atomic E-state index is 11.9. The maximum Gasteiger partial charge on any atom is 0.273 e. The maximum atomic E-state index is 11.9. The monoisotopic (exact) mass is 287 g/mol. The summed E-state index contributed by atoms with van der Waals surface area (Å²) in [5.74, 6) is -0.202. The number of benzene rings is 1. The molecule has 0 unspecified atom stereocenters. The van der Waals surface area contributed by atoms with Crippen LogP contribution in [0, 0.1) is 6.92 Å². The highest BCUT2D eigenvalue weighted by Gasteiger charge is 2.10. The molecule has 0 aliphatic rings. The number of aromatic nitrogens is 3. The number of nitrogens with one attached hydrogen (secondary N) is 2. The van der Waals surface area contributed by atoms with Crippen molar-refractivity contribution in [1.29, 1.82) is 0 Å². The number of hydrogen-bond donors (Lipinski definition) is 2. The first kappa shape index (κ1) is 15.2. The number of aryl methyl sites for hydroxylation is 1. The van der Waals surface area contributed by atoms with Crippen molar-refractivity contribution in [2.45, 2.75) is 20.3 Å². The van der Waals surface area contributed by atoms with Gasteiger partial charge in [0.1, 0.15) is 0 Å². The fourth-order valence-electron chi connectivity index (χ4n) is 1.92. The minimum absolute atomic E-state index is 0.202. The van der Waals surface area contributed by atoms with Crippen LogP contribution >= 0.6 is 0 Å². The van der Waals surface area contributed by atoms with Gasteiger partial charge >= 0.3 is 0 Å². The Balaban J connectivity index is 1.92. The van der Waals surface area contributed by atoms with Crippen molar-refractivity contribution in [3.05, 3.63) is 41.7 Å². The van der Waals surface area contributed by atoms with Crippen LogP contribution in [0.2, 0.25) is 0 Å². The zero-order chi connectivity index (χ0) is 15.1. The van der Waals surface area contributed by atoms with Gasteiger partial charge in [0.05, 0.1) is 11.9 Å². The predicted molar refractivity (Wildman–Crippen MR) is 81.6 cm³/mol. The van der Waals surface area contributed by atoms with Gasteiger partial charge in [0, 0.05) is 13.1 Å². The molecule has 21 heavy (non-hydrogen) atoms. The molecule has 6 heteroatoms. The second-order valence-electron chi connectivity index (χ2n) is 4.89. The molecular weight excluding hydrogens is 266 g/mol. The van der Waals surface area contributed by atoms with Crippen molar-refractivity contribution in [3.8, 4) is 5.69 Å². The van der Waals surface area contributed by atoms with Gasteiger partial charge in [-0.3, -0.25) is 4.79 Å². The van der Waals surface area contributed by atoms with E-state index in [1.165, 1.54) is 0 Å². The first-order chi connectivity index (χ1) is 10.2. The molecule has 2 N–H and O–H groups in total. The van der Waals surface area contributed by atoms with E-state index in [1.54, 1.807) is 10.9 Å². The Morgan fingerprint density at radius 2 is 2.14 bits per heavy atom. The molecule has 6 nitrogen and oxygen atoms in total. The summed E-state index contributed by atoms with van der Waals surface area (Å²) in [6.45, 7) is 6.41. The zero-order valence-electron chi connectivity index (χ0n) is 12.5. The Morgan fingerprint density at radius 3 is 2.90 bits per heavy atom. The second-order valence-corrected chi connectivity index (χ2v) is 4.89. The topological polar surface area (TPSA) is 71.8 Å². The smallest absolute Gasteiger partial charge is 0.273 e. The molecule has 0 saturated carbocycles. The van der Waals surface area contributed by atoms with Gasteiger partial charge < -0.3 is 10.6 Å². The van der Waals surface area contributed by atoms with Gasteiger partial charge in [-0.2, -0.15) is 0 Å². The molecule has 1 aromatic heterocycles. The zero-order valence-corrected chi connectivity index (χ0v) is 12.5. The molecule has 2 aromatic rings. The lowest BCUT2D eigenvalue weighted by molar-refractivity contribution is 0.0949. The summed E-state index contributed by atoms with van der Waals surface area (Å²) >= 11 is 0. The Kier molecular flexibility index (Phi) is 5.45. The first-order valence-electron chi connectivity index (χ1n) is 7.19. The van der Waals surface area contributed by atoms with Gasteiger partial charge in [-0.05, 0) is 37.6 Å². The summed E-state index contributed by atoms with van der Waals surface area (Å²) in [5.41, 5.74) is 2.36. The van der Waals surface area contributed by atoms with E-state index in [0.29, 0.717) is 12.2 Å². The van der Waals surface area contributed by atoms with Crippen LogP contribution in [0.1, 0.15) is 29.4 Å². The highest BCUT2D eigenvalue weighted by molar-refractivity contribution is 5.91. The third-order valence-corrected chi connectivity index (χ3v) is 3.01. The molecule has 1 amide bonds. The Morgan fingerprint density at radius 1 is 1.29 bits per heavy atom. The molecule has 112 valence electrons. The molecular formula is C15H21N5O. The van der Waals surface area contributed by atoms with Crippen LogP contribution in [-0.2, 0) is 0 Å². The van der Waals surface area contributed by atoms with Crippen molar-refractivity contribution >= 4 is 5.91 Å². The molecule has 0 atom stereocenters. The number of amides is 1. The summed E-state index contributed by atoms with van der Waals surface area (Å²) in [6, 6.07) is 7.88. The van der Waals surface area contributed by atoms with Crippen LogP contribution in [-0.4, -0.2) is 40.5 Å². The third-order valence-electron chi connectivity index (χ3n) is 3.01. The lowest BCUT2D eigenvalue weighted by Crippen LogP contribution is -2.32. The van der Waals surface area contributed by atoms with E-state index in [2.05, 4.69) is 27.9 Å². The fourth-order valence-corrected chi connectivity index (χ4v) is 1.92. The van der Waals surface area contributed by atoms with Gasteiger partial charge in [-0.15, -0.1) is 5.10 Å². The van der Waals surface area contributed by atoms with Gasteiger partial charge in [0.15, 0.2) is 5.69 Å². The van der Waals surface area contributed by atoms with E-state index in [9.17, 15) is 4.79 Å². The SMILES string of the molecule is CCCNCCNC(=O)c1cn(-c2cccc(C)c2)nn1. The number of rotatable bonds is 7. The molecule has 0 bridgehead atoms. The number of carbonyl (C=O) groups excluding carboxylic acids is 1. The second kappa shape index (κ2) is 7.54. The molecule has 0 fully saturated rings. The van der Waals surface area contributed by atoms with Crippen LogP contribution in [0.15, 0.2) is 30.5 Å². The molecule has 0 spiro atoms. The van der Waals surface area contributed by atoms with Crippen LogP contribution in [0.3, 0.4) is 0 Å². The molecule has 1 heterocycles. The van der Waals surface area contributed by atoms with E-state index in [1.807, 2.05) is 31.2 Å². The molecule has 1 aromatic carbocycles. The third kappa shape index (κ3) is 4.39. The van der Waals surface area contributed by atoms with Gasteiger partial charge in [0.25, 0.3) is 5.91 Å². The molecule has 0 saturated heterocycles. The number of hydrogen-bond acceptors (Lipinski definition) is 4. The Hall–Kier alpha value is -2.21. The summed E-state index contributed by atoms with van der Waals surface area (Å²) < 4.78 is 1.61. The highest BCUT2D eigenvalue weighted by Crippen LogP contribution is 2.09. The quantitative estimate of drug-likeness (QED) is 0.753. The summed E-state index contributed by atoms with van der Waals surface area (Å²) in [7, 11) is 0. The summed E-state index contributed by atoms with van der Waals surface area (Å²) in [6.07, 6.45) is 2.72. The van der Waals surface area contributed by atoms with Crippen molar-refractivity contribution in [2.75, 3.05) is 19.6 Å². The number of carbonyl (C=O) groups is 1. The molecule has 2 rings (SSSR count). The van der Waals surface area contributed by atoms with Gasteiger partial charge in [0.2, 0.25) is 0 Å². The van der Waals surface area contributed by atoms with Crippen LogP contribution in [0.4, 0.5) is 0 Å². The van der Waals surface area contributed by atoms with Crippen molar-refractivity contribution in [3.63, 3.8) is 0 Å². The standard InChI is InChI=1S/C15H21N5O/c1-3-7-16-8-9-17-15(21)14-11-20(19-18-14)13-6-4-5-12(2)10-13/h4-6,10-11,16H,3,7-9H2,1-2H3,(H,17,21). The van der Waals surface area contributed by atoms with Gasteiger partial charge in [-0.25, -0.2) is 4.68 Å². The van der Waals surface area contributed by atoms with Crippen LogP contribution < -0.4 is 10.6 Å². The van der Waals surface area contributed by atoms with Gasteiger partial charge in [-0.1, -0.05) is 24.3 Å². The highest BCUT2D eigenvalue weighted by atomic mass is 16.2. The molecule has 0 radical (unpaired) electrons. The largest absolute Gasteiger partial charge is 0.349 e. The summed E-state index contributed by atoms with van der Waals surface area (Å²) in [4.78, 5) is 11.9. The van der Waals surface area contributed by atoms with E-state index < -0.39 is 0 Å². The first-order valence-corrected chi connectivity index (χ1v) is 7.19. The van der Waals surface area contributed by atoms with Crippen molar-refractivity contribution in [1.82, 2.24) is 25.6 Å². The Labute approximate surface area is 124 Å². The fraction of sp³-hybridized carbons (Fsp3) is 0.400. The van der Waals surface area contributed by atoms with E-state index in [-0.39, 0.29) is 5.91 Å². The van der Waals surface area contributed by atoms with Crippen molar-refractivity contribution in [2.24, 2.45) is 0 Å². The minimum atomic E-state index is -0.202. The lowest BCUT2D eigenvalue weighted by atomic mass is 10.2. The average molecular weight is 287 g/mol. The van der Waals surface area contributed by atoms with Crippen LogP contribution in [0.25, 0.3) is 5.69 Å². The molecule has 0 aliphatic heterocycles. The van der Waals surface area contributed by atoms with Crippen molar-refractivity contribution < 1.29 is 4.79 Å². The van der Waals surface area contributed by atoms with E-state index >= 15 is 0 Å². The van der Waals surface area contributed by atoms with Crippen LogP contribution in [0.5, 0.6) is 0 Å². The van der Waals surface area contributed by atoms with E-state index in [4.69, 9.17) is 0 Å². The summed E-state index contributed by atoms with van der Waals surface area (Å²) in [5, 5.41) is 14.0. The number of nitrogens with zero attached hydrogens (tertiary/aromatic N) is 3. The Bertz CT molecular complexity index is 593. The minimum Gasteiger partial charge on any atom is -0.349 e. The normalized spacial score (nSPS) is 10.6. The van der Waals surface area contributed by atoms with E-state index in [0.717, 1.165) is 30.8 Å². The lowest BCUT2D eigenvalue weighted by Gasteiger charge is -2.03.